The largest absolute Gasteiger partial charge is 0.454 e. The van der Waals surface area contributed by atoms with Crippen molar-refractivity contribution in [1.82, 2.24) is 6.15 Å². The predicted molar refractivity (Wildman–Crippen MR) is 61.9 cm³/mol. The first-order valence-electron chi connectivity index (χ1n) is 4.49. The van der Waals surface area contributed by atoms with Crippen LogP contribution in [0.2, 0.25) is 0 Å². The second kappa shape index (κ2) is 6.70. The van der Waals surface area contributed by atoms with Crippen LogP contribution in [0.1, 0.15) is 20.8 Å². The van der Waals surface area contributed by atoms with E-state index in [9.17, 15) is 13.2 Å². The van der Waals surface area contributed by atoms with Crippen LogP contribution in [0.4, 0.5) is 0 Å². The number of carbonyl (C=O) groups is 1. The van der Waals surface area contributed by atoms with Gasteiger partial charge in [0.2, 0.25) is 0 Å². The van der Waals surface area contributed by atoms with Crippen molar-refractivity contribution in [1.29, 1.82) is 0 Å². The van der Waals surface area contributed by atoms with Gasteiger partial charge in [0, 0.05) is 6.08 Å². The van der Waals surface area contributed by atoms with Gasteiger partial charge in [0.15, 0.2) is 0 Å². The van der Waals surface area contributed by atoms with Gasteiger partial charge in [0.1, 0.15) is 11.7 Å². The van der Waals surface area contributed by atoms with Gasteiger partial charge in [0.05, 0.1) is 7.11 Å². The number of esters is 1. The van der Waals surface area contributed by atoms with Gasteiger partial charge in [-0.3, -0.25) is 4.18 Å². The van der Waals surface area contributed by atoms with E-state index in [1.807, 2.05) is 0 Å². The molecule has 8 heteroatoms. The van der Waals surface area contributed by atoms with E-state index in [0.717, 1.165) is 13.2 Å². The molecule has 0 aromatic heterocycles. The number of hydrogen-bond acceptors (Lipinski definition) is 7. The summed E-state index contributed by atoms with van der Waals surface area (Å²) >= 11 is 0. The molecule has 0 radical (unpaired) electrons. The number of carbonyl (C=O) groups excluding carboxylic acids is 1. The van der Waals surface area contributed by atoms with E-state index in [2.05, 4.69) is 14.9 Å². The third kappa shape index (κ3) is 6.37. The van der Waals surface area contributed by atoms with Gasteiger partial charge < -0.3 is 10.9 Å². The summed E-state index contributed by atoms with van der Waals surface area (Å²) in [7, 11) is -3.08. The minimum absolute atomic E-state index is 0. The van der Waals surface area contributed by atoms with Crippen LogP contribution in [-0.4, -0.2) is 33.2 Å². The lowest BCUT2D eigenvalue weighted by atomic mass is 10.0. The van der Waals surface area contributed by atoms with Crippen LogP contribution >= 0.6 is 0 Å². The standard InChI is InChI=1S/C9H16O6S.H3N/c1-6-8(10)14-9(3,4)7(2)15-16(11,12)13-5;/h6-7H,1H2,2-5H3;1H3. The summed E-state index contributed by atoms with van der Waals surface area (Å²) in [5.74, 6) is -0.657. The van der Waals surface area contributed by atoms with Crippen molar-refractivity contribution in [3.05, 3.63) is 12.7 Å². The highest BCUT2D eigenvalue weighted by Crippen LogP contribution is 2.20. The normalized spacial score (nSPS) is 13.4. The van der Waals surface area contributed by atoms with Crippen molar-refractivity contribution in [2.45, 2.75) is 32.5 Å². The summed E-state index contributed by atoms with van der Waals surface area (Å²) < 4.78 is 35.7. The molecule has 0 amide bonds. The Labute approximate surface area is 102 Å². The van der Waals surface area contributed by atoms with Crippen molar-refractivity contribution in [3.8, 4) is 0 Å². The molecule has 1 unspecified atom stereocenters. The molecule has 7 nitrogen and oxygen atoms in total. The molecule has 102 valence electrons. The Morgan fingerprint density at radius 3 is 2.24 bits per heavy atom. The molecular formula is C9H19NO6S. The van der Waals surface area contributed by atoms with E-state index >= 15 is 0 Å². The zero-order valence-electron chi connectivity index (χ0n) is 10.4. The average Bonchev–Trinajstić information content (AvgIpc) is 2.16. The fraction of sp³-hybridized carbons (Fsp3) is 0.667. The minimum Gasteiger partial charge on any atom is -0.454 e. The van der Waals surface area contributed by atoms with Crippen molar-refractivity contribution in [2.24, 2.45) is 0 Å². The van der Waals surface area contributed by atoms with E-state index < -0.39 is 28.1 Å². The number of rotatable bonds is 6. The van der Waals surface area contributed by atoms with Crippen molar-refractivity contribution in [3.63, 3.8) is 0 Å². The van der Waals surface area contributed by atoms with Crippen molar-refractivity contribution in [2.75, 3.05) is 7.11 Å². The molecule has 17 heavy (non-hydrogen) atoms. The topological polar surface area (TPSA) is 114 Å². The fourth-order valence-electron chi connectivity index (χ4n) is 0.716. The van der Waals surface area contributed by atoms with Gasteiger partial charge in [-0.05, 0) is 20.8 Å². The lowest BCUT2D eigenvalue weighted by Gasteiger charge is -2.29. The summed E-state index contributed by atoms with van der Waals surface area (Å²) in [5.41, 5.74) is -1.11. The molecule has 0 heterocycles. The molecule has 0 rings (SSSR count). The molecule has 0 aliphatic rings. The zero-order valence-corrected chi connectivity index (χ0v) is 11.2. The molecular weight excluding hydrogens is 250 g/mol. The van der Waals surface area contributed by atoms with Crippen LogP contribution in [0, 0.1) is 0 Å². The van der Waals surface area contributed by atoms with E-state index in [-0.39, 0.29) is 6.15 Å². The molecule has 0 saturated heterocycles. The zero-order chi connectivity index (χ0) is 13.0. The first-order chi connectivity index (χ1) is 7.14. The third-order valence-corrected chi connectivity index (χ3v) is 2.91. The highest BCUT2D eigenvalue weighted by atomic mass is 32.3. The first-order valence-corrected chi connectivity index (χ1v) is 5.82. The molecule has 0 spiro atoms. The molecule has 0 bridgehead atoms. The Kier molecular flexibility index (Phi) is 7.25. The van der Waals surface area contributed by atoms with Crippen LogP contribution in [0.15, 0.2) is 12.7 Å². The third-order valence-electron chi connectivity index (χ3n) is 1.98. The molecule has 0 aliphatic heterocycles. The second-order valence-electron chi connectivity index (χ2n) is 3.54. The summed E-state index contributed by atoms with van der Waals surface area (Å²) in [6.07, 6.45) is 0.0978. The van der Waals surface area contributed by atoms with Crippen molar-refractivity contribution < 1.29 is 26.3 Å². The van der Waals surface area contributed by atoms with Gasteiger partial charge in [0.25, 0.3) is 0 Å². The SMILES string of the molecule is C=CC(=O)OC(C)(C)C(C)OS(=O)(=O)OC.N. The Morgan fingerprint density at radius 1 is 1.41 bits per heavy atom. The molecule has 0 fully saturated rings. The molecule has 0 saturated carbocycles. The van der Waals surface area contributed by atoms with E-state index in [0.29, 0.717) is 0 Å². The minimum atomic E-state index is -4.06. The number of hydrogen-bond donors (Lipinski definition) is 1. The Morgan fingerprint density at radius 2 is 1.88 bits per heavy atom. The second-order valence-corrected chi connectivity index (χ2v) is 4.88. The van der Waals surface area contributed by atoms with Gasteiger partial charge in [-0.1, -0.05) is 6.58 Å². The van der Waals surface area contributed by atoms with E-state index in [4.69, 9.17) is 4.74 Å². The monoisotopic (exact) mass is 269 g/mol. The maximum atomic E-state index is 11.0. The molecule has 0 aliphatic carbocycles. The lowest BCUT2D eigenvalue weighted by Crippen LogP contribution is -2.41. The highest BCUT2D eigenvalue weighted by Gasteiger charge is 2.34. The molecule has 3 N–H and O–H groups in total. The van der Waals surface area contributed by atoms with Crippen LogP contribution in [0.25, 0.3) is 0 Å². The smallest absolute Gasteiger partial charge is 0.399 e. The van der Waals surface area contributed by atoms with E-state index in [1.54, 1.807) is 0 Å². The first kappa shape index (κ1) is 18.4. The lowest BCUT2D eigenvalue weighted by molar-refractivity contribution is -0.158. The van der Waals surface area contributed by atoms with Crippen LogP contribution in [-0.2, 0) is 28.3 Å². The maximum Gasteiger partial charge on any atom is 0.399 e. The van der Waals surface area contributed by atoms with Crippen LogP contribution < -0.4 is 6.15 Å². The van der Waals surface area contributed by atoms with Gasteiger partial charge in [-0.25, -0.2) is 8.98 Å². The molecule has 1 atom stereocenters. The molecule has 0 aromatic rings. The number of ether oxygens (including phenoxy) is 1. The highest BCUT2D eigenvalue weighted by molar-refractivity contribution is 7.81. The van der Waals surface area contributed by atoms with Crippen LogP contribution in [0.3, 0.4) is 0 Å². The van der Waals surface area contributed by atoms with Gasteiger partial charge in [-0.2, -0.15) is 8.42 Å². The summed E-state index contributed by atoms with van der Waals surface area (Å²) in [4.78, 5) is 11.0. The summed E-state index contributed by atoms with van der Waals surface area (Å²) in [5, 5.41) is 0. The maximum absolute atomic E-state index is 11.0. The average molecular weight is 269 g/mol. The fourth-order valence-corrected chi connectivity index (χ4v) is 1.38. The predicted octanol–water partition coefficient (Wildman–Crippen LogP) is 0.952. The van der Waals surface area contributed by atoms with Crippen LogP contribution in [0.5, 0.6) is 0 Å². The Hall–Kier alpha value is -0.960. The quantitative estimate of drug-likeness (QED) is 0.564. The van der Waals surface area contributed by atoms with Crippen molar-refractivity contribution >= 4 is 16.4 Å². The molecule has 0 aromatic carbocycles. The Balaban J connectivity index is 0. The van der Waals surface area contributed by atoms with Gasteiger partial charge >= 0.3 is 16.4 Å². The van der Waals surface area contributed by atoms with E-state index in [1.165, 1.54) is 20.8 Å². The van der Waals surface area contributed by atoms with Gasteiger partial charge in [-0.15, -0.1) is 0 Å². The Bertz CT molecular complexity index is 362. The summed E-state index contributed by atoms with van der Waals surface area (Å²) in [6.45, 7) is 7.72. The summed E-state index contributed by atoms with van der Waals surface area (Å²) in [6, 6.07) is 0.